The third-order valence-corrected chi connectivity index (χ3v) is 4.30. The number of benzene rings is 1. The second kappa shape index (κ2) is 6.25. The van der Waals surface area contributed by atoms with E-state index in [4.69, 9.17) is 5.11 Å². The Morgan fingerprint density at radius 3 is 2.75 bits per heavy atom. The Labute approximate surface area is 118 Å². The van der Waals surface area contributed by atoms with E-state index in [1.54, 1.807) is 6.07 Å². The van der Waals surface area contributed by atoms with Gasteiger partial charge in [-0.3, -0.25) is 4.72 Å². The summed E-state index contributed by atoms with van der Waals surface area (Å²) >= 11 is 0. The van der Waals surface area contributed by atoms with Gasteiger partial charge in [-0.1, -0.05) is 11.8 Å². The molecule has 2 rings (SSSR count). The number of sulfonamides is 1. The molecule has 0 bridgehead atoms. The van der Waals surface area contributed by atoms with Crippen LogP contribution in [0.2, 0.25) is 0 Å². The molecule has 1 aliphatic rings. The number of aliphatic hydroxyl groups excluding tert-OH is 1. The first kappa shape index (κ1) is 14.8. The van der Waals surface area contributed by atoms with Gasteiger partial charge in [0.15, 0.2) is 0 Å². The molecule has 0 saturated heterocycles. The van der Waals surface area contributed by atoms with Crippen molar-refractivity contribution >= 4 is 15.7 Å². The number of hydrogen-bond acceptors (Lipinski definition) is 3. The summed E-state index contributed by atoms with van der Waals surface area (Å²) < 4.78 is 39.6. The molecule has 1 aromatic carbocycles. The maximum Gasteiger partial charge on any atom is 0.233 e. The molecule has 1 aromatic rings. The van der Waals surface area contributed by atoms with Crippen molar-refractivity contribution in [1.82, 2.24) is 0 Å². The van der Waals surface area contributed by atoms with Crippen molar-refractivity contribution in [2.75, 3.05) is 17.1 Å². The van der Waals surface area contributed by atoms with Gasteiger partial charge in [-0.05, 0) is 37.0 Å². The van der Waals surface area contributed by atoms with Crippen molar-refractivity contribution in [3.05, 3.63) is 29.6 Å². The lowest BCUT2D eigenvalue weighted by Crippen LogP contribution is -2.18. The molecule has 0 heterocycles. The van der Waals surface area contributed by atoms with Gasteiger partial charge in [0.1, 0.15) is 5.82 Å². The summed E-state index contributed by atoms with van der Waals surface area (Å²) in [5, 5.41) is 8.59. The molecule has 6 heteroatoms. The Morgan fingerprint density at radius 2 is 2.15 bits per heavy atom. The van der Waals surface area contributed by atoms with Crippen molar-refractivity contribution < 1.29 is 17.9 Å². The second-order valence-corrected chi connectivity index (χ2v) is 6.56. The fourth-order valence-electron chi connectivity index (χ4n) is 1.70. The van der Waals surface area contributed by atoms with Gasteiger partial charge in [0.2, 0.25) is 10.0 Å². The molecule has 0 amide bonds. The normalized spacial score (nSPS) is 14.5. The van der Waals surface area contributed by atoms with E-state index in [0.29, 0.717) is 12.0 Å². The molecule has 1 aliphatic carbocycles. The zero-order valence-corrected chi connectivity index (χ0v) is 11.7. The van der Waals surface area contributed by atoms with Crippen molar-refractivity contribution in [1.29, 1.82) is 0 Å². The van der Waals surface area contributed by atoms with Crippen LogP contribution in [-0.2, 0) is 10.0 Å². The van der Waals surface area contributed by atoms with Gasteiger partial charge in [-0.25, -0.2) is 12.8 Å². The van der Waals surface area contributed by atoms with Gasteiger partial charge in [0, 0.05) is 12.0 Å². The molecule has 1 saturated carbocycles. The Kier molecular flexibility index (Phi) is 4.63. The minimum atomic E-state index is -3.49. The maximum absolute atomic E-state index is 13.8. The molecule has 0 aromatic heterocycles. The van der Waals surface area contributed by atoms with Crippen LogP contribution < -0.4 is 4.72 Å². The first-order valence-corrected chi connectivity index (χ1v) is 8.05. The van der Waals surface area contributed by atoms with Crippen LogP contribution in [0.3, 0.4) is 0 Å². The topological polar surface area (TPSA) is 66.4 Å². The number of nitrogens with one attached hydrogen (secondary N) is 1. The number of anilines is 1. The standard InChI is InChI=1S/C14H16FNO3S/c15-13-9-11(3-1-2-8-17)6-7-14(13)16-20(18,19)10-12-4-5-12/h6-7,9,12,16-17H,2,4-5,8,10H2. The van der Waals surface area contributed by atoms with Crippen LogP contribution in [0.1, 0.15) is 24.8 Å². The molecular weight excluding hydrogens is 281 g/mol. The molecular formula is C14H16FNO3S. The lowest BCUT2D eigenvalue weighted by molar-refractivity contribution is 0.305. The highest BCUT2D eigenvalue weighted by Gasteiger charge is 2.28. The van der Waals surface area contributed by atoms with E-state index in [9.17, 15) is 12.8 Å². The van der Waals surface area contributed by atoms with Gasteiger partial charge < -0.3 is 5.11 Å². The number of halogens is 1. The van der Waals surface area contributed by atoms with Gasteiger partial charge in [0.25, 0.3) is 0 Å². The van der Waals surface area contributed by atoms with Gasteiger partial charge in [-0.15, -0.1) is 0 Å². The maximum atomic E-state index is 13.8. The Hall–Kier alpha value is -1.58. The average Bonchev–Trinajstić information content (AvgIpc) is 3.16. The fraction of sp³-hybridized carbons (Fsp3) is 0.429. The van der Waals surface area contributed by atoms with Crippen LogP contribution in [0, 0.1) is 23.6 Å². The summed E-state index contributed by atoms with van der Waals surface area (Å²) in [5.74, 6) is 4.97. The zero-order chi connectivity index (χ0) is 14.6. The largest absolute Gasteiger partial charge is 0.395 e. The highest BCUT2D eigenvalue weighted by atomic mass is 32.2. The second-order valence-electron chi connectivity index (χ2n) is 4.80. The smallest absolute Gasteiger partial charge is 0.233 e. The van der Waals surface area contributed by atoms with Crippen LogP contribution in [0.25, 0.3) is 0 Å². The third kappa shape index (κ3) is 4.51. The predicted octanol–water partition coefficient (Wildman–Crippen LogP) is 1.71. The van der Waals surface area contributed by atoms with E-state index in [-0.39, 0.29) is 24.0 Å². The Morgan fingerprint density at radius 1 is 1.40 bits per heavy atom. The van der Waals surface area contributed by atoms with Crippen LogP contribution >= 0.6 is 0 Å². The van der Waals surface area contributed by atoms with Gasteiger partial charge in [0.05, 0.1) is 18.0 Å². The van der Waals surface area contributed by atoms with Crippen molar-refractivity contribution in [3.8, 4) is 11.8 Å². The van der Waals surface area contributed by atoms with Crippen LogP contribution in [-0.4, -0.2) is 25.9 Å². The highest BCUT2D eigenvalue weighted by molar-refractivity contribution is 7.92. The summed E-state index contributed by atoms with van der Waals surface area (Å²) in [6, 6.07) is 4.09. The lowest BCUT2D eigenvalue weighted by Gasteiger charge is -2.08. The minimum Gasteiger partial charge on any atom is -0.395 e. The van der Waals surface area contributed by atoms with Crippen LogP contribution in [0.4, 0.5) is 10.1 Å². The van der Waals surface area contributed by atoms with Gasteiger partial charge in [-0.2, -0.15) is 0 Å². The summed E-state index contributed by atoms with van der Waals surface area (Å²) in [5.41, 5.74) is 0.388. The quantitative estimate of drug-likeness (QED) is 0.813. The Bertz CT molecular complexity index is 642. The summed E-state index contributed by atoms with van der Waals surface area (Å²) in [6.07, 6.45) is 2.16. The van der Waals surface area contributed by atoms with E-state index in [1.807, 2.05) is 0 Å². The predicted molar refractivity (Wildman–Crippen MR) is 75.1 cm³/mol. The number of rotatable bonds is 5. The number of hydrogen-bond donors (Lipinski definition) is 2. The molecule has 0 atom stereocenters. The van der Waals surface area contributed by atoms with E-state index < -0.39 is 15.8 Å². The average molecular weight is 297 g/mol. The van der Waals surface area contributed by atoms with E-state index in [2.05, 4.69) is 16.6 Å². The molecule has 1 fully saturated rings. The van der Waals surface area contributed by atoms with E-state index in [1.165, 1.54) is 12.1 Å². The first-order chi connectivity index (χ1) is 9.50. The lowest BCUT2D eigenvalue weighted by atomic mass is 10.2. The highest BCUT2D eigenvalue weighted by Crippen LogP contribution is 2.31. The molecule has 0 spiro atoms. The van der Waals surface area contributed by atoms with Gasteiger partial charge >= 0.3 is 0 Å². The monoisotopic (exact) mass is 297 g/mol. The summed E-state index contributed by atoms with van der Waals surface area (Å²) in [6.45, 7) is -0.0471. The third-order valence-electron chi connectivity index (χ3n) is 2.86. The van der Waals surface area contributed by atoms with Crippen molar-refractivity contribution in [2.24, 2.45) is 5.92 Å². The molecule has 0 unspecified atom stereocenters. The SMILES string of the molecule is O=S(=O)(CC1CC1)Nc1ccc(C#CCCO)cc1F. The molecule has 4 nitrogen and oxygen atoms in total. The molecule has 0 radical (unpaired) electrons. The van der Waals surface area contributed by atoms with Crippen molar-refractivity contribution in [2.45, 2.75) is 19.3 Å². The minimum absolute atomic E-state index is 0.0461. The number of aliphatic hydroxyl groups is 1. The van der Waals surface area contributed by atoms with E-state index >= 15 is 0 Å². The van der Waals surface area contributed by atoms with Crippen molar-refractivity contribution in [3.63, 3.8) is 0 Å². The molecule has 2 N–H and O–H groups in total. The summed E-state index contributed by atoms with van der Waals surface area (Å²) in [7, 11) is -3.49. The first-order valence-electron chi connectivity index (χ1n) is 6.40. The van der Waals surface area contributed by atoms with Crippen LogP contribution in [0.15, 0.2) is 18.2 Å². The molecule has 20 heavy (non-hydrogen) atoms. The Balaban J connectivity index is 2.07. The van der Waals surface area contributed by atoms with Crippen LogP contribution in [0.5, 0.6) is 0 Å². The zero-order valence-electron chi connectivity index (χ0n) is 10.9. The molecule has 108 valence electrons. The molecule has 0 aliphatic heterocycles. The fourth-order valence-corrected chi connectivity index (χ4v) is 3.24. The van der Waals surface area contributed by atoms with E-state index in [0.717, 1.165) is 12.8 Å². The summed E-state index contributed by atoms with van der Waals surface area (Å²) in [4.78, 5) is 0.